The molecule has 2 aromatic rings. The van der Waals surface area contributed by atoms with E-state index >= 15 is 0 Å². The van der Waals surface area contributed by atoms with Gasteiger partial charge >= 0.3 is 6.18 Å². The first-order valence-corrected chi connectivity index (χ1v) is 5.03. The fraction of sp³-hybridized carbons (Fsp3) is 0.182. The topological polar surface area (TPSA) is 47.9 Å². The third-order valence-electron chi connectivity index (χ3n) is 2.20. The zero-order chi connectivity index (χ0) is 14.0. The molecule has 2 aromatic heterocycles. The van der Waals surface area contributed by atoms with E-state index in [4.69, 9.17) is 0 Å². The van der Waals surface area contributed by atoms with Crippen molar-refractivity contribution >= 4 is 0 Å². The molecule has 4 nitrogen and oxygen atoms in total. The first-order chi connectivity index (χ1) is 8.93. The summed E-state index contributed by atoms with van der Waals surface area (Å²) in [5, 5.41) is 0. The average molecular weight is 273 g/mol. The summed E-state index contributed by atoms with van der Waals surface area (Å²) in [5.41, 5.74) is -1.48. The highest BCUT2D eigenvalue weighted by atomic mass is 19.4. The Hall–Kier alpha value is -2.25. The van der Waals surface area contributed by atoms with E-state index < -0.39 is 23.6 Å². The van der Waals surface area contributed by atoms with Crippen molar-refractivity contribution in [3.63, 3.8) is 0 Å². The second kappa shape index (κ2) is 4.79. The highest BCUT2D eigenvalue weighted by Crippen LogP contribution is 2.37. The molecule has 0 fully saturated rings. The monoisotopic (exact) mass is 273 g/mol. The lowest BCUT2D eigenvalue weighted by molar-refractivity contribution is -0.142. The van der Waals surface area contributed by atoms with Crippen LogP contribution >= 0.6 is 0 Å². The van der Waals surface area contributed by atoms with Gasteiger partial charge in [-0.15, -0.1) is 0 Å². The minimum absolute atomic E-state index is 0.147. The number of halogens is 4. The molecule has 0 saturated heterocycles. The van der Waals surface area contributed by atoms with E-state index in [9.17, 15) is 17.6 Å². The molecule has 0 aliphatic heterocycles. The number of hydrogen-bond donors (Lipinski definition) is 0. The van der Waals surface area contributed by atoms with Crippen LogP contribution < -0.4 is 4.74 Å². The van der Waals surface area contributed by atoms with Gasteiger partial charge in [0, 0.05) is 6.20 Å². The molecular weight excluding hydrogens is 266 g/mol. The summed E-state index contributed by atoms with van der Waals surface area (Å²) < 4.78 is 55.8. The molecule has 2 rings (SSSR count). The van der Waals surface area contributed by atoms with E-state index in [1.54, 1.807) is 12.1 Å². The molecule has 0 aliphatic rings. The van der Waals surface area contributed by atoms with Gasteiger partial charge in [0.25, 0.3) is 0 Å². The maximum absolute atomic E-state index is 13.5. The fourth-order valence-electron chi connectivity index (χ4n) is 1.41. The van der Waals surface area contributed by atoms with Crippen molar-refractivity contribution in [3.8, 4) is 17.4 Å². The molecule has 2 heterocycles. The third-order valence-corrected chi connectivity index (χ3v) is 2.20. The Morgan fingerprint density at radius 2 is 1.89 bits per heavy atom. The van der Waals surface area contributed by atoms with Crippen LogP contribution in [0.5, 0.6) is 5.88 Å². The van der Waals surface area contributed by atoms with E-state index in [0.717, 1.165) is 7.11 Å². The first-order valence-electron chi connectivity index (χ1n) is 5.03. The summed E-state index contributed by atoms with van der Waals surface area (Å²) in [6, 6.07) is 4.62. The van der Waals surface area contributed by atoms with E-state index in [1.807, 2.05) is 0 Å². The van der Waals surface area contributed by atoms with E-state index in [1.165, 1.54) is 12.3 Å². The van der Waals surface area contributed by atoms with Crippen LogP contribution in [-0.4, -0.2) is 22.1 Å². The van der Waals surface area contributed by atoms with Crippen LogP contribution in [0.25, 0.3) is 11.5 Å². The largest absolute Gasteiger partial charge is 0.480 e. The second-order valence-electron chi connectivity index (χ2n) is 3.44. The molecule has 0 amide bonds. The summed E-state index contributed by atoms with van der Waals surface area (Å²) in [7, 11) is 0.971. The fourth-order valence-corrected chi connectivity index (χ4v) is 1.41. The van der Waals surface area contributed by atoms with Crippen molar-refractivity contribution in [3.05, 3.63) is 35.9 Å². The predicted molar refractivity (Wildman–Crippen MR) is 56.8 cm³/mol. The smallest absolute Gasteiger partial charge is 0.426 e. The molecule has 0 spiro atoms. The summed E-state index contributed by atoms with van der Waals surface area (Å²) in [6.07, 6.45) is -3.54. The molecule has 0 atom stereocenters. The Bertz CT molecular complexity index is 586. The number of rotatable bonds is 2. The number of alkyl halides is 3. The zero-order valence-corrected chi connectivity index (χ0v) is 9.57. The number of pyridine rings is 1. The van der Waals surface area contributed by atoms with Gasteiger partial charge in [-0.1, -0.05) is 6.07 Å². The molecule has 8 heteroatoms. The molecule has 0 saturated carbocycles. The SMILES string of the molecule is COc1nc(-c2ccccn2)nc(F)c1C(F)(F)F. The molecule has 100 valence electrons. The van der Waals surface area contributed by atoms with Gasteiger partial charge in [0.1, 0.15) is 5.69 Å². The maximum atomic E-state index is 13.5. The summed E-state index contributed by atoms with van der Waals surface area (Å²) in [5.74, 6) is -2.84. The summed E-state index contributed by atoms with van der Waals surface area (Å²) in [4.78, 5) is 10.5. The Labute approximate surface area is 105 Å². The summed E-state index contributed by atoms with van der Waals surface area (Å²) in [6.45, 7) is 0. The van der Waals surface area contributed by atoms with Gasteiger partial charge in [-0.3, -0.25) is 4.98 Å². The van der Waals surface area contributed by atoms with Crippen LogP contribution in [0.2, 0.25) is 0 Å². The lowest BCUT2D eigenvalue weighted by Gasteiger charge is -2.12. The van der Waals surface area contributed by atoms with Gasteiger partial charge in [-0.2, -0.15) is 27.5 Å². The van der Waals surface area contributed by atoms with Crippen LogP contribution in [0.4, 0.5) is 17.6 Å². The van der Waals surface area contributed by atoms with Crippen molar-refractivity contribution in [1.82, 2.24) is 15.0 Å². The van der Waals surface area contributed by atoms with Crippen molar-refractivity contribution in [2.75, 3.05) is 7.11 Å². The van der Waals surface area contributed by atoms with Gasteiger partial charge in [-0.05, 0) is 12.1 Å². The highest BCUT2D eigenvalue weighted by Gasteiger charge is 2.40. The number of nitrogens with zero attached hydrogens (tertiary/aromatic N) is 3. The Kier molecular flexibility index (Phi) is 3.32. The standard InChI is InChI=1S/C11H7F4N3O/c1-19-10-7(11(13,14)15)8(12)17-9(18-10)6-4-2-3-5-16-6/h2-5H,1H3. The molecule has 0 N–H and O–H groups in total. The molecule has 0 radical (unpaired) electrons. The van der Waals surface area contributed by atoms with Crippen LogP contribution in [-0.2, 0) is 6.18 Å². The predicted octanol–water partition coefficient (Wildman–Crippen LogP) is 2.71. The Morgan fingerprint density at radius 3 is 2.42 bits per heavy atom. The van der Waals surface area contributed by atoms with Crippen molar-refractivity contribution in [2.45, 2.75) is 6.18 Å². The van der Waals surface area contributed by atoms with Crippen LogP contribution in [0.1, 0.15) is 5.56 Å². The van der Waals surface area contributed by atoms with Gasteiger partial charge in [0.05, 0.1) is 7.11 Å². The number of aromatic nitrogens is 3. The van der Waals surface area contributed by atoms with Crippen LogP contribution in [0.3, 0.4) is 0 Å². The normalized spacial score (nSPS) is 11.4. The van der Waals surface area contributed by atoms with E-state index in [0.29, 0.717) is 0 Å². The molecule has 19 heavy (non-hydrogen) atoms. The Morgan fingerprint density at radius 1 is 1.16 bits per heavy atom. The van der Waals surface area contributed by atoms with Gasteiger partial charge in [0.15, 0.2) is 11.4 Å². The van der Waals surface area contributed by atoms with Crippen molar-refractivity contribution < 1.29 is 22.3 Å². The highest BCUT2D eigenvalue weighted by molar-refractivity contribution is 5.50. The van der Waals surface area contributed by atoms with E-state index in [2.05, 4.69) is 19.7 Å². The van der Waals surface area contributed by atoms with Crippen molar-refractivity contribution in [2.24, 2.45) is 0 Å². The van der Waals surface area contributed by atoms with Crippen LogP contribution in [0.15, 0.2) is 24.4 Å². The lowest BCUT2D eigenvalue weighted by Crippen LogP contribution is -2.14. The zero-order valence-electron chi connectivity index (χ0n) is 9.57. The number of methoxy groups -OCH3 is 1. The maximum Gasteiger partial charge on any atom is 0.426 e. The summed E-state index contributed by atoms with van der Waals surface area (Å²) >= 11 is 0. The lowest BCUT2D eigenvalue weighted by atomic mass is 10.3. The molecule has 0 aliphatic carbocycles. The minimum Gasteiger partial charge on any atom is -0.480 e. The molecule has 0 aromatic carbocycles. The third kappa shape index (κ3) is 2.61. The molecular formula is C11H7F4N3O. The molecule has 0 bridgehead atoms. The first kappa shape index (κ1) is 13.2. The average Bonchev–Trinajstić information content (AvgIpc) is 2.37. The van der Waals surface area contributed by atoms with Gasteiger partial charge in [-0.25, -0.2) is 0 Å². The van der Waals surface area contributed by atoms with Gasteiger partial charge < -0.3 is 4.74 Å². The quantitative estimate of drug-likeness (QED) is 0.623. The molecule has 0 unspecified atom stereocenters. The van der Waals surface area contributed by atoms with Crippen molar-refractivity contribution in [1.29, 1.82) is 0 Å². The minimum atomic E-state index is -4.93. The van der Waals surface area contributed by atoms with Gasteiger partial charge in [0.2, 0.25) is 11.8 Å². The number of hydrogen-bond acceptors (Lipinski definition) is 4. The second-order valence-corrected chi connectivity index (χ2v) is 3.44. The van der Waals surface area contributed by atoms with E-state index in [-0.39, 0.29) is 11.5 Å². The number of ether oxygens (including phenoxy) is 1. The Balaban J connectivity index is 2.61. The van der Waals surface area contributed by atoms with Crippen LogP contribution in [0, 0.1) is 5.95 Å².